The fourth-order valence-electron chi connectivity index (χ4n) is 4.18. The van der Waals surface area contributed by atoms with Gasteiger partial charge >= 0.3 is 0 Å². The first-order valence-electron chi connectivity index (χ1n) is 10.5. The Bertz CT molecular complexity index is 1330. The standard InChI is InChI=1S/C23H25ClFN3O3S/c1-3-7-27-8-10-28(11-9-27)21-14-20-18(13-19(21)25)23(29)22(15-26(20)2)32(30,31)17-6-4-5-16(24)12-17/h4-6,12-15H,3,7-11H2,1-2H3. The van der Waals surface area contributed by atoms with E-state index < -0.39 is 26.0 Å². The molecule has 0 N–H and O–H groups in total. The number of pyridine rings is 1. The topological polar surface area (TPSA) is 62.6 Å². The summed E-state index contributed by atoms with van der Waals surface area (Å²) in [7, 11) is -2.46. The lowest BCUT2D eigenvalue weighted by Gasteiger charge is -2.36. The van der Waals surface area contributed by atoms with Gasteiger partial charge in [-0.25, -0.2) is 12.8 Å². The molecule has 1 aliphatic heterocycles. The van der Waals surface area contributed by atoms with E-state index in [2.05, 4.69) is 11.8 Å². The summed E-state index contributed by atoms with van der Waals surface area (Å²) >= 11 is 5.94. The number of sulfone groups is 1. The number of nitrogens with zero attached hydrogens (tertiary/aromatic N) is 3. The van der Waals surface area contributed by atoms with Crippen molar-refractivity contribution in [3.8, 4) is 0 Å². The highest BCUT2D eigenvalue weighted by Gasteiger charge is 2.25. The van der Waals surface area contributed by atoms with Gasteiger partial charge in [0, 0.05) is 44.4 Å². The van der Waals surface area contributed by atoms with Crippen molar-refractivity contribution in [1.29, 1.82) is 0 Å². The maximum atomic E-state index is 15.1. The second-order valence-electron chi connectivity index (χ2n) is 8.04. The van der Waals surface area contributed by atoms with Crippen molar-refractivity contribution >= 4 is 38.0 Å². The lowest BCUT2D eigenvalue weighted by atomic mass is 10.1. The summed E-state index contributed by atoms with van der Waals surface area (Å²) in [5, 5.41) is 0.278. The van der Waals surface area contributed by atoms with E-state index in [1.165, 1.54) is 24.4 Å². The summed E-state index contributed by atoms with van der Waals surface area (Å²) in [5.74, 6) is -0.532. The molecule has 1 saturated heterocycles. The van der Waals surface area contributed by atoms with E-state index >= 15 is 4.39 Å². The van der Waals surface area contributed by atoms with Gasteiger partial charge in [-0.05, 0) is 43.3 Å². The maximum absolute atomic E-state index is 15.1. The Morgan fingerprint density at radius 1 is 1.09 bits per heavy atom. The molecule has 6 nitrogen and oxygen atoms in total. The van der Waals surface area contributed by atoms with Crippen LogP contribution in [0.1, 0.15) is 13.3 Å². The fourth-order valence-corrected chi connectivity index (χ4v) is 5.88. The Morgan fingerprint density at radius 2 is 1.81 bits per heavy atom. The first kappa shape index (κ1) is 22.8. The maximum Gasteiger partial charge on any atom is 0.211 e. The third kappa shape index (κ3) is 4.14. The Labute approximate surface area is 191 Å². The van der Waals surface area contributed by atoms with Gasteiger partial charge < -0.3 is 9.47 Å². The van der Waals surface area contributed by atoms with Crippen molar-refractivity contribution in [2.45, 2.75) is 23.1 Å². The largest absolute Gasteiger partial charge is 0.367 e. The van der Waals surface area contributed by atoms with E-state index in [-0.39, 0.29) is 15.3 Å². The highest BCUT2D eigenvalue weighted by atomic mass is 35.5. The summed E-state index contributed by atoms with van der Waals surface area (Å²) < 4.78 is 42.9. The van der Waals surface area contributed by atoms with Crippen LogP contribution >= 0.6 is 11.6 Å². The third-order valence-electron chi connectivity index (χ3n) is 5.87. The molecule has 170 valence electrons. The molecule has 2 heterocycles. The second kappa shape index (κ2) is 8.84. The number of halogens is 2. The molecule has 0 saturated carbocycles. The molecule has 4 rings (SSSR count). The van der Waals surface area contributed by atoms with Crippen LogP contribution in [-0.2, 0) is 16.9 Å². The van der Waals surface area contributed by atoms with Gasteiger partial charge in [0.15, 0.2) is 0 Å². The number of hydrogen-bond acceptors (Lipinski definition) is 5. The molecule has 0 amide bonds. The number of hydrogen-bond donors (Lipinski definition) is 0. The molecule has 3 aromatic rings. The van der Waals surface area contributed by atoms with Gasteiger partial charge in [-0.1, -0.05) is 24.6 Å². The minimum Gasteiger partial charge on any atom is -0.367 e. The molecule has 0 bridgehead atoms. The molecule has 0 spiro atoms. The summed E-state index contributed by atoms with van der Waals surface area (Å²) in [6.45, 7) is 6.24. The van der Waals surface area contributed by atoms with Gasteiger partial charge in [0.1, 0.15) is 10.7 Å². The molecule has 0 aliphatic carbocycles. The number of aromatic nitrogens is 1. The SMILES string of the molecule is CCCN1CCN(c2cc3c(cc2F)c(=O)c(S(=O)(=O)c2cccc(Cl)c2)cn3C)CC1. The highest BCUT2D eigenvalue weighted by Crippen LogP contribution is 2.28. The lowest BCUT2D eigenvalue weighted by Crippen LogP contribution is -2.46. The number of fused-ring (bicyclic) bond motifs is 1. The van der Waals surface area contributed by atoms with Gasteiger partial charge in [0.05, 0.1) is 21.5 Å². The van der Waals surface area contributed by atoms with Gasteiger partial charge in [-0.3, -0.25) is 9.69 Å². The molecule has 1 aromatic heterocycles. The molecule has 1 aliphatic rings. The molecule has 2 aromatic carbocycles. The first-order valence-corrected chi connectivity index (χ1v) is 12.4. The van der Waals surface area contributed by atoms with Crippen LogP contribution in [0.4, 0.5) is 10.1 Å². The van der Waals surface area contributed by atoms with E-state index in [1.54, 1.807) is 23.7 Å². The van der Waals surface area contributed by atoms with Crippen molar-refractivity contribution in [3.05, 3.63) is 63.7 Å². The van der Waals surface area contributed by atoms with Crippen molar-refractivity contribution in [1.82, 2.24) is 9.47 Å². The second-order valence-corrected chi connectivity index (χ2v) is 10.4. The van der Waals surface area contributed by atoms with Gasteiger partial charge in [-0.15, -0.1) is 0 Å². The summed E-state index contributed by atoms with van der Waals surface area (Å²) in [4.78, 5) is 17.0. The third-order valence-corrected chi connectivity index (χ3v) is 7.85. The van der Waals surface area contributed by atoms with Crippen molar-refractivity contribution in [2.75, 3.05) is 37.6 Å². The predicted octanol–water partition coefficient (Wildman–Crippen LogP) is 3.70. The van der Waals surface area contributed by atoms with Crippen LogP contribution < -0.4 is 10.3 Å². The quantitative estimate of drug-likeness (QED) is 0.560. The minimum absolute atomic E-state index is 0.0291. The van der Waals surface area contributed by atoms with Crippen molar-refractivity contribution in [2.24, 2.45) is 7.05 Å². The Kier molecular flexibility index (Phi) is 6.29. The number of benzene rings is 2. The van der Waals surface area contributed by atoms with E-state index in [0.717, 1.165) is 32.1 Å². The van der Waals surface area contributed by atoms with E-state index in [4.69, 9.17) is 11.6 Å². The average Bonchev–Trinajstić information content (AvgIpc) is 2.77. The molecular formula is C23H25ClFN3O3S. The Balaban J connectivity index is 1.77. The van der Waals surface area contributed by atoms with E-state index in [0.29, 0.717) is 24.3 Å². The number of rotatable bonds is 5. The predicted molar refractivity (Wildman–Crippen MR) is 125 cm³/mol. The fraction of sp³-hybridized carbons (Fsp3) is 0.348. The number of piperazine rings is 1. The average molecular weight is 478 g/mol. The molecule has 9 heteroatoms. The lowest BCUT2D eigenvalue weighted by molar-refractivity contribution is 0.258. The number of aryl methyl sites for hydroxylation is 1. The number of anilines is 1. The zero-order valence-corrected chi connectivity index (χ0v) is 19.6. The van der Waals surface area contributed by atoms with Crippen LogP contribution in [0.15, 0.2) is 57.2 Å². The van der Waals surface area contributed by atoms with Crippen LogP contribution in [0.25, 0.3) is 10.9 Å². The van der Waals surface area contributed by atoms with Crippen molar-refractivity contribution in [3.63, 3.8) is 0 Å². The summed E-state index contributed by atoms with van der Waals surface area (Å²) in [6, 6.07) is 8.53. The molecular weight excluding hydrogens is 453 g/mol. The Morgan fingerprint density at radius 3 is 2.47 bits per heavy atom. The Hall–Kier alpha value is -2.42. The highest BCUT2D eigenvalue weighted by molar-refractivity contribution is 7.91. The monoisotopic (exact) mass is 477 g/mol. The van der Waals surface area contributed by atoms with Gasteiger partial charge in [0.2, 0.25) is 15.3 Å². The van der Waals surface area contributed by atoms with E-state index in [1.807, 2.05) is 4.90 Å². The zero-order chi connectivity index (χ0) is 23.0. The van der Waals surface area contributed by atoms with Crippen LogP contribution in [0.5, 0.6) is 0 Å². The first-order chi connectivity index (χ1) is 15.2. The van der Waals surface area contributed by atoms with Crippen LogP contribution in [-0.4, -0.2) is 50.6 Å². The van der Waals surface area contributed by atoms with Crippen LogP contribution in [0, 0.1) is 5.82 Å². The molecule has 1 fully saturated rings. The normalized spacial score (nSPS) is 15.4. The van der Waals surface area contributed by atoms with Crippen LogP contribution in [0.2, 0.25) is 5.02 Å². The molecule has 0 unspecified atom stereocenters. The zero-order valence-electron chi connectivity index (χ0n) is 18.0. The summed E-state index contributed by atoms with van der Waals surface area (Å²) in [5.41, 5.74) is 0.179. The molecule has 0 radical (unpaired) electrons. The van der Waals surface area contributed by atoms with Gasteiger partial charge in [-0.2, -0.15) is 0 Å². The smallest absolute Gasteiger partial charge is 0.211 e. The minimum atomic E-state index is -4.12. The van der Waals surface area contributed by atoms with Crippen molar-refractivity contribution < 1.29 is 12.8 Å². The molecule has 0 atom stereocenters. The molecule has 32 heavy (non-hydrogen) atoms. The van der Waals surface area contributed by atoms with E-state index in [9.17, 15) is 13.2 Å². The summed E-state index contributed by atoms with van der Waals surface area (Å²) in [6.07, 6.45) is 2.37. The van der Waals surface area contributed by atoms with Crippen LogP contribution in [0.3, 0.4) is 0 Å². The van der Waals surface area contributed by atoms with Gasteiger partial charge in [0.25, 0.3) is 0 Å².